The van der Waals surface area contributed by atoms with Crippen molar-refractivity contribution in [2.75, 3.05) is 18.8 Å². The first-order valence-electron chi connectivity index (χ1n) is 13.9. The summed E-state index contributed by atoms with van der Waals surface area (Å²) < 4.78 is 14.2. The van der Waals surface area contributed by atoms with Crippen LogP contribution in [0.5, 0.6) is 5.75 Å². The van der Waals surface area contributed by atoms with Gasteiger partial charge in [0.25, 0.3) is 0 Å². The molecule has 1 aromatic heterocycles. The van der Waals surface area contributed by atoms with E-state index >= 15 is 0 Å². The third-order valence-electron chi connectivity index (χ3n) is 7.28. The van der Waals surface area contributed by atoms with E-state index in [2.05, 4.69) is 30.6 Å². The van der Waals surface area contributed by atoms with Crippen molar-refractivity contribution in [1.82, 2.24) is 14.5 Å². The third kappa shape index (κ3) is 5.55. The van der Waals surface area contributed by atoms with Gasteiger partial charge in [-0.15, -0.1) is 0 Å². The number of ether oxygens (including phenoxy) is 2. The fourth-order valence-corrected chi connectivity index (χ4v) is 5.33. The number of rotatable bonds is 5. The smallest absolute Gasteiger partial charge is 0.410 e. The molecule has 8 nitrogen and oxygen atoms in total. The highest BCUT2D eigenvalue weighted by Crippen LogP contribution is 2.34. The molecule has 0 radical (unpaired) electrons. The summed E-state index contributed by atoms with van der Waals surface area (Å²) in [6.45, 7) is 11.6. The van der Waals surface area contributed by atoms with E-state index in [1.165, 1.54) is 0 Å². The molecule has 1 aliphatic rings. The lowest BCUT2D eigenvalue weighted by Crippen LogP contribution is -2.44. The van der Waals surface area contributed by atoms with Gasteiger partial charge in [-0.1, -0.05) is 44.2 Å². The molecule has 208 valence electrons. The van der Waals surface area contributed by atoms with Crippen molar-refractivity contribution in [3.05, 3.63) is 65.5 Å². The molecule has 3 aromatic carbocycles. The number of aromatic nitrogens is 2. The van der Waals surface area contributed by atoms with Crippen molar-refractivity contribution < 1.29 is 14.3 Å². The molecule has 1 amide bonds. The lowest BCUT2D eigenvalue weighted by molar-refractivity contribution is 0.0127. The summed E-state index contributed by atoms with van der Waals surface area (Å²) >= 11 is 0. The van der Waals surface area contributed by atoms with Crippen LogP contribution in [0.3, 0.4) is 0 Å². The number of nitrogens with two attached hydrogens (primary N) is 1. The number of anilines is 1. The summed E-state index contributed by atoms with van der Waals surface area (Å²) in [5.74, 6) is 1.79. The van der Waals surface area contributed by atoms with Crippen molar-refractivity contribution in [1.29, 1.82) is 5.26 Å². The Morgan fingerprint density at radius 3 is 2.48 bits per heavy atom. The van der Waals surface area contributed by atoms with Crippen LogP contribution in [0.1, 0.15) is 70.3 Å². The zero-order valence-corrected chi connectivity index (χ0v) is 23.9. The van der Waals surface area contributed by atoms with Gasteiger partial charge in [-0.25, -0.2) is 9.78 Å². The number of fused-ring (bicyclic) bond motifs is 2. The average Bonchev–Trinajstić information content (AvgIpc) is 3.25. The molecule has 0 spiro atoms. The molecule has 1 fully saturated rings. The summed E-state index contributed by atoms with van der Waals surface area (Å²) in [6, 6.07) is 18.1. The molecule has 4 aromatic rings. The second-order valence-corrected chi connectivity index (χ2v) is 11.8. The highest BCUT2D eigenvalue weighted by Gasteiger charge is 2.28. The number of likely N-dealkylation sites (tertiary alicyclic amines) is 1. The van der Waals surface area contributed by atoms with Crippen molar-refractivity contribution in [2.24, 2.45) is 0 Å². The van der Waals surface area contributed by atoms with E-state index < -0.39 is 5.60 Å². The van der Waals surface area contributed by atoms with Gasteiger partial charge in [0.15, 0.2) is 0 Å². The minimum atomic E-state index is -0.518. The van der Waals surface area contributed by atoms with Crippen LogP contribution in [0.4, 0.5) is 10.5 Å². The van der Waals surface area contributed by atoms with Gasteiger partial charge in [-0.2, -0.15) is 5.26 Å². The van der Waals surface area contributed by atoms with Crippen molar-refractivity contribution in [2.45, 2.75) is 71.6 Å². The summed E-state index contributed by atoms with van der Waals surface area (Å²) in [6.07, 6.45) is 1.06. The number of piperidine rings is 1. The van der Waals surface area contributed by atoms with Gasteiger partial charge in [0.1, 0.15) is 23.3 Å². The number of benzene rings is 3. The first kappa shape index (κ1) is 27.3. The monoisotopic (exact) mass is 539 g/mol. The molecular formula is C32H37N5O3. The maximum absolute atomic E-state index is 12.5. The first-order chi connectivity index (χ1) is 19.0. The molecule has 0 bridgehead atoms. The van der Waals surface area contributed by atoms with Gasteiger partial charge in [0.05, 0.1) is 28.4 Å². The number of nitriles is 1. The molecule has 0 atom stereocenters. The van der Waals surface area contributed by atoms with Gasteiger partial charge in [0.2, 0.25) is 0 Å². The van der Waals surface area contributed by atoms with Gasteiger partial charge >= 0.3 is 6.09 Å². The third-order valence-corrected chi connectivity index (χ3v) is 7.28. The van der Waals surface area contributed by atoms with E-state index in [4.69, 9.17) is 20.2 Å². The van der Waals surface area contributed by atoms with E-state index in [-0.39, 0.29) is 18.1 Å². The van der Waals surface area contributed by atoms with Crippen LogP contribution in [0.15, 0.2) is 48.5 Å². The van der Waals surface area contributed by atoms with Crippen LogP contribution in [-0.2, 0) is 11.3 Å². The van der Waals surface area contributed by atoms with Crippen LogP contribution < -0.4 is 10.5 Å². The molecule has 2 heterocycles. The Labute approximate surface area is 235 Å². The van der Waals surface area contributed by atoms with Gasteiger partial charge in [-0.05, 0) is 49.2 Å². The van der Waals surface area contributed by atoms with Crippen molar-refractivity contribution in [3.63, 3.8) is 0 Å². The van der Waals surface area contributed by atoms with Crippen molar-refractivity contribution >= 4 is 33.6 Å². The van der Waals surface area contributed by atoms with Gasteiger partial charge in [0, 0.05) is 44.5 Å². The molecule has 0 aliphatic carbocycles. The Bertz CT molecular complexity index is 1600. The SMILES string of the molecule is CC(C)c1nc2cc(N)c(OC3CCN(C(=O)OC(C)(C)C)CC3)cc2n1Cc1ccc(C#N)c2ccccc12. The second-order valence-electron chi connectivity index (χ2n) is 11.8. The average molecular weight is 540 g/mol. The zero-order chi connectivity index (χ0) is 28.6. The van der Waals surface area contributed by atoms with E-state index in [0.717, 1.165) is 33.2 Å². The maximum Gasteiger partial charge on any atom is 0.410 e. The Kier molecular flexibility index (Phi) is 7.33. The summed E-state index contributed by atoms with van der Waals surface area (Å²) in [5.41, 5.74) is 10.0. The largest absolute Gasteiger partial charge is 0.488 e. The number of nitrogen functional groups attached to an aromatic ring is 1. The zero-order valence-electron chi connectivity index (χ0n) is 23.9. The lowest BCUT2D eigenvalue weighted by Gasteiger charge is -2.33. The van der Waals surface area contributed by atoms with Crippen LogP contribution in [0, 0.1) is 11.3 Å². The molecule has 40 heavy (non-hydrogen) atoms. The van der Waals surface area contributed by atoms with Crippen LogP contribution in [0.2, 0.25) is 0 Å². The van der Waals surface area contributed by atoms with Gasteiger partial charge < -0.3 is 24.7 Å². The van der Waals surface area contributed by atoms with E-state index in [9.17, 15) is 10.1 Å². The number of amides is 1. The standard InChI is InChI=1S/C32H37N5O3/c1-20(2)30-35-27-16-26(34)29(39-23-12-14-36(15-13-23)31(38)40-32(3,4)5)17-28(27)37(30)19-22-11-10-21(18-33)24-8-6-7-9-25(22)24/h6-11,16-17,20,23H,12-15,19,34H2,1-5H3. The molecule has 1 saturated heterocycles. The van der Waals surface area contributed by atoms with E-state index in [0.29, 0.717) is 49.5 Å². The topological polar surface area (TPSA) is 106 Å². The normalized spacial score (nSPS) is 14.6. The molecular weight excluding hydrogens is 502 g/mol. The fourth-order valence-electron chi connectivity index (χ4n) is 5.33. The number of hydrogen-bond donors (Lipinski definition) is 1. The number of carbonyl (C=O) groups excluding carboxylic acids is 1. The maximum atomic E-state index is 12.5. The predicted octanol–water partition coefficient (Wildman–Crippen LogP) is 6.59. The molecule has 8 heteroatoms. The first-order valence-corrected chi connectivity index (χ1v) is 13.9. The van der Waals surface area contributed by atoms with Crippen LogP contribution in [-0.4, -0.2) is 45.3 Å². The predicted molar refractivity (Wildman–Crippen MR) is 157 cm³/mol. The highest BCUT2D eigenvalue weighted by molar-refractivity contribution is 5.91. The highest BCUT2D eigenvalue weighted by atomic mass is 16.6. The van der Waals surface area contributed by atoms with Gasteiger partial charge in [-0.3, -0.25) is 0 Å². The molecule has 0 saturated carbocycles. The second kappa shape index (κ2) is 10.7. The Balaban J connectivity index is 1.43. The molecule has 1 aliphatic heterocycles. The summed E-state index contributed by atoms with van der Waals surface area (Å²) in [4.78, 5) is 19.1. The number of carbonyl (C=O) groups is 1. The fraction of sp³-hybridized carbons (Fsp3) is 0.406. The molecule has 0 unspecified atom stereocenters. The summed E-state index contributed by atoms with van der Waals surface area (Å²) in [7, 11) is 0. The van der Waals surface area contributed by atoms with E-state index in [1.54, 1.807) is 4.90 Å². The Morgan fingerprint density at radius 2 is 1.82 bits per heavy atom. The van der Waals surface area contributed by atoms with Crippen LogP contribution >= 0.6 is 0 Å². The van der Waals surface area contributed by atoms with Crippen molar-refractivity contribution in [3.8, 4) is 11.8 Å². The Morgan fingerprint density at radius 1 is 1.12 bits per heavy atom. The lowest BCUT2D eigenvalue weighted by atomic mass is 10.00. The number of nitrogens with zero attached hydrogens (tertiary/aromatic N) is 4. The molecule has 2 N–H and O–H groups in total. The minimum Gasteiger partial charge on any atom is -0.488 e. The summed E-state index contributed by atoms with van der Waals surface area (Å²) in [5, 5.41) is 11.6. The van der Waals surface area contributed by atoms with E-state index in [1.807, 2.05) is 63.2 Å². The minimum absolute atomic E-state index is 0.0538. The number of imidazole rings is 1. The van der Waals surface area contributed by atoms with Crippen LogP contribution in [0.25, 0.3) is 21.8 Å². The Hall–Kier alpha value is -4.25. The number of hydrogen-bond acceptors (Lipinski definition) is 6. The quantitative estimate of drug-likeness (QED) is 0.287. The molecule has 5 rings (SSSR count).